The van der Waals surface area contributed by atoms with Crippen LogP contribution in [-0.4, -0.2) is 12.6 Å². The lowest BCUT2D eigenvalue weighted by molar-refractivity contribution is 0.292. The minimum atomic E-state index is 0.0420. The topological polar surface area (TPSA) is 35.2 Å². The van der Waals surface area contributed by atoms with E-state index in [0.717, 1.165) is 12.9 Å². The van der Waals surface area contributed by atoms with Gasteiger partial charge in [-0.3, -0.25) is 0 Å². The van der Waals surface area contributed by atoms with Crippen LogP contribution in [0.25, 0.3) is 11.1 Å². The van der Waals surface area contributed by atoms with Crippen molar-refractivity contribution in [1.29, 1.82) is 0 Å². The van der Waals surface area contributed by atoms with Gasteiger partial charge in [0, 0.05) is 6.04 Å². The van der Waals surface area contributed by atoms with Crippen molar-refractivity contribution in [3.8, 4) is 16.9 Å². The van der Waals surface area contributed by atoms with E-state index in [2.05, 4.69) is 81.6 Å². The number of hydrogen-bond acceptors (Lipinski definition) is 2. The van der Waals surface area contributed by atoms with Crippen LogP contribution in [0.1, 0.15) is 6.92 Å². The Bertz CT molecular complexity index is 532. The average Bonchev–Trinajstić information content (AvgIpc) is 2.38. The molecule has 0 aliphatic rings. The minimum absolute atomic E-state index is 0.0420. The van der Waals surface area contributed by atoms with Crippen molar-refractivity contribution in [3.05, 3.63) is 49.6 Å². The quantitative estimate of drug-likeness (QED) is 0.665. The Balaban J connectivity index is 2.32. The third-order valence-electron chi connectivity index (χ3n) is 2.60. The molecule has 19 heavy (non-hydrogen) atoms. The zero-order valence-electron chi connectivity index (χ0n) is 10.6. The molecule has 1 atom stereocenters. The highest BCUT2D eigenvalue weighted by Crippen LogP contribution is 2.33. The maximum absolute atomic E-state index is 5.78. The molecule has 0 aromatic heterocycles. The fourth-order valence-corrected chi connectivity index (χ4v) is 3.79. The minimum Gasteiger partial charge on any atom is -0.490 e. The monoisotopic (exact) mass is 479 g/mol. The number of rotatable bonds is 4. The predicted octanol–water partition coefficient (Wildman–Crippen LogP) is 4.29. The first-order valence-electron chi connectivity index (χ1n) is 6.01. The predicted molar refractivity (Wildman–Crippen MR) is 96.5 cm³/mol. The normalized spacial score (nSPS) is 12.2. The Morgan fingerprint density at radius 2 is 1.63 bits per heavy atom. The number of nitrogens with two attached hydrogens (primary N) is 1. The van der Waals surface area contributed by atoms with Crippen LogP contribution < -0.4 is 10.5 Å². The van der Waals surface area contributed by atoms with Crippen molar-refractivity contribution in [1.82, 2.24) is 0 Å². The highest BCUT2D eigenvalue weighted by atomic mass is 127. The molecule has 100 valence electrons. The van der Waals surface area contributed by atoms with E-state index in [1.54, 1.807) is 0 Å². The van der Waals surface area contributed by atoms with E-state index in [4.69, 9.17) is 10.5 Å². The molecule has 0 aliphatic heterocycles. The van der Waals surface area contributed by atoms with Crippen molar-refractivity contribution < 1.29 is 4.74 Å². The highest BCUT2D eigenvalue weighted by molar-refractivity contribution is 14.1. The lowest BCUT2D eigenvalue weighted by atomic mass is 10.1. The molecule has 0 aliphatic carbocycles. The van der Waals surface area contributed by atoms with Crippen LogP contribution in [0, 0.1) is 7.14 Å². The van der Waals surface area contributed by atoms with E-state index in [9.17, 15) is 0 Å². The van der Waals surface area contributed by atoms with Crippen LogP contribution in [0.15, 0.2) is 42.5 Å². The number of ether oxygens (including phenoxy) is 1. The van der Waals surface area contributed by atoms with Gasteiger partial charge >= 0.3 is 0 Å². The molecule has 0 heterocycles. The van der Waals surface area contributed by atoms with Gasteiger partial charge in [-0.25, -0.2) is 0 Å². The summed E-state index contributed by atoms with van der Waals surface area (Å²) in [4.78, 5) is 0. The third-order valence-corrected chi connectivity index (χ3v) is 4.20. The summed E-state index contributed by atoms with van der Waals surface area (Å²) in [6.45, 7) is 2.48. The van der Waals surface area contributed by atoms with Crippen molar-refractivity contribution in [2.75, 3.05) is 6.61 Å². The number of benzene rings is 2. The van der Waals surface area contributed by atoms with Gasteiger partial charge in [0.2, 0.25) is 0 Å². The van der Waals surface area contributed by atoms with Crippen LogP contribution in [0.5, 0.6) is 5.75 Å². The summed E-state index contributed by atoms with van der Waals surface area (Å²) in [7, 11) is 0. The molecule has 0 spiro atoms. The maximum Gasteiger partial charge on any atom is 0.146 e. The van der Waals surface area contributed by atoms with Crippen LogP contribution in [0.3, 0.4) is 0 Å². The summed E-state index contributed by atoms with van der Waals surface area (Å²) in [5.41, 5.74) is 8.16. The summed E-state index contributed by atoms with van der Waals surface area (Å²) in [5, 5.41) is 0. The summed E-state index contributed by atoms with van der Waals surface area (Å²) in [6, 6.07) is 14.7. The summed E-state index contributed by atoms with van der Waals surface area (Å²) < 4.78 is 8.01. The number of hydrogen-bond donors (Lipinski definition) is 1. The molecule has 0 radical (unpaired) electrons. The first-order chi connectivity index (χ1) is 9.08. The fourth-order valence-electron chi connectivity index (χ4n) is 1.71. The Labute approximate surface area is 141 Å². The van der Waals surface area contributed by atoms with Gasteiger partial charge in [-0.2, -0.15) is 0 Å². The van der Waals surface area contributed by atoms with E-state index >= 15 is 0 Å². The van der Waals surface area contributed by atoms with E-state index in [0.29, 0.717) is 6.61 Å². The molecule has 0 amide bonds. The van der Waals surface area contributed by atoms with Crippen molar-refractivity contribution >= 4 is 45.2 Å². The zero-order valence-corrected chi connectivity index (χ0v) is 14.9. The Hall–Kier alpha value is -0.340. The molecule has 2 rings (SSSR count). The molecule has 0 saturated heterocycles. The van der Waals surface area contributed by atoms with Crippen molar-refractivity contribution in [2.24, 2.45) is 5.73 Å². The molecule has 1 unspecified atom stereocenters. The summed E-state index contributed by atoms with van der Waals surface area (Å²) in [5.74, 6) is 0.929. The molecule has 0 fully saturated rings. The first-order valence-corrected chi connectivity index (χ1v) is 8.16. The zero-order chi connectivity index (χ0) is 13.8. The average molecular weight is 479 g/mol. The van der Waals surface area contributed by atoms with E-state index < -0.39 is 0 Å². The van der Waals surface area contributed by atoms with Gasteiger partial charge in [0.15, 0.2) is 0 Å². The second-order valence-electron chi connectivity index (χ2n) is 4.42. The second-order valence-corrected chi connectivity index (χ2v) is 6.75. The molecule has 4 heteroatoms. The Morgan fingerprint density at radius 1 is 1.05 bits per heavy atom. The Morgan fingerprint density at radius 3 is 2.16 bits per heavy atom. The summed E-state index contributed by atoms with van der Waals surface area (Å²) >= 11 is 4.63. The van der Waals surface area contributed by atoms with Gasteiger partial charge in [0.1, 0.15) is 12.4 Å². The van der Waals surface area contributed by atoms with Crippen LogP contribution >= 0.6 is 45.2 Å². The molecule has 2 N–H and O–H groups in total. The van der Waals surface area contributed by atoms with E-state index in [1.165, 1.54) is 11.1 Å². The molecule has 2 nitrogen and oxygen atoms in total. The first kappa shape index (κ1) is 15.1. The molecule has 0 saturated carbocycles. The van der Waals surface area contributed by atoms with Crippen molar-refractivity contribution in [3.63, 3.8) is 0 Å². The van der Waals surface area contributed by atoms with Gasteiger partial charge < -0.3 is 10.5 Å². The van der Waals surface area contributed by atoms with Gasteiger partial charge in [-0.15, -0.1) is 0 Å². The van der Waals surface area contributed by atoms with E-state index in [1.807, 2.05) is 13.0 Å². The van der Waals surface area contributed by atoms with Crippen molar-refractivity contribution in [2.45, 2.75) is 13.0 Å². The van der Waals surface area contributed by atoms with E-state index in [-0.39, 0.29) is 6.04 Å². The van der Waals surface area contributed by atoms with Gasteiger partial charge in [-0.1, -0.05) is 30.3 Å². The van der Waals surface area contributed by atoms with Gasteiger partial charge in [0.05, 0.1) is 7.14 Å². The second kappa shape index (κ2) is 6.90. The van der Waals surface area contributed by atoms with Crippen LogP contribution in [0.4, 0.5) is 0 Å². The molecular formula is C15H15I2NO. The molecule has 0 bridgehead atoms. The number of halogens is 2. The van der Waals surface area contributed by atoms with Gasteiger partial charge in [-0.05, 0) is 75.4 Å². The lowest BCUT2D eigenvalue weighted by Gasteiger charge is -2.14. The third kappa shape index (κ3) is 4.06. The lowest BCUT2D eigenvalue weighted by Crippen LogP contribution is -2.24. The standard InChI is InChI=1S/C15H15I2NO/c1-10(18)9-19-15-13(16)7-12(8-14(15)17)11-5-3-2-4-6-11/h2-8,10H,9,18H2,1H3. The smallest absolute Gasteiger partial charge is 0.146 e. The van der Waals surface area contributed by atoms with Gasteiger partial charge in [0.25, 0.3) is 0 Å². The van der Waals surface area contributed by atoms with Crippen LogP contribution in [0.2, 0.25) is 0 Å². The Kier molecular flexibility index (Phi) is 5.47. The maximum atomic E-state index is 5.78. The summed E-state index contributed by atoms with van der Waals surface area (Å²) in [6.07, 6.45) is 0. The molecular weight excluding hydrogens is 464 g/mol. The molecule has 2 aromatic carbocycles. The fraction of sp³-hybridized carbons (Fsp3) is 0.200. The largest absolute Gasteiger partial charge is 0.490 e. The molecule has 2 aromatic rings. The van der Waals surface area contributed by atoms with Crippen LogP contribution in [-0.2, 0) is 0 Å². The SMILES string of the molecule is CC(N)COc1c(I)cc(-c2ccccc2)cc1I. The highest BCUT2D eigenvalue weighted by Gasteiger charge is 2.10.